The number of unbranched alkanes of at least 4 members (excludes halogenated alkanes) is 7. The van der Waals surface area contributed by atoms with Crippen LogP contribution in [-0.2, 0) is 9.53 Å². The Hall–Kier alpha value is 0.00688. The third-order valence-electron chi connectivity index (χ3n) is 2.98. The molecule has 19 heavy (non-hydrogen) atoms. The molecule has 0 aliphatic heterocycles. The summed E-state index contributed by atoms with van der Waals surface area (Å²) in [6.07, 6.45) is 11.0. The van der Waals surface area contributed by atoms with Crippen molar-refractivity contribution >= 4 is 38.7 Å². The molecule has 0 fully saturated rings. The summed E-state index contributed by atoms with van der Waals surface area (Å²) < 4.78 is 4.85. The zero-order valence-corrected chi connectivity index (χ0v) is 14.6. The fourth-order valence-corrected chi connectivity index (χ4v) is 3.75. The molecule has 0 aliphatic rings. The lowest BCUT2D eigenvalue weighted by atomic mass is 10.1. The van der Waals surface area contributed by atoms with Crippen molar-refractivity contribution in [1.29, 1.82) is 0 Å². The molecular formula is C14H26Cl2O2Si. The van der Waals surface area contributed by atoms with Crippen LogP contribution in [0.4, 0.5) is 0 Å². The minimum atomic E-state index is -0.320. The Balaban J connectivity index is 3.03. The fourth-order valence-electron chi connectivity index (χ4n) is 1.87. The smallest absolute Gasteiger partial charge is 0.330 e. The molecule has 0 aromatic rings. The number of carbonyl (C=O) groups is 1. The van der Waals surface area contributed by atoms with E-state index in [2.05, 4.69) is 6.58 Å². The van der Waals surface area contributed by atoms with Crippen molar-refractivity contribution in [3.8, 4) is 0 Å². The van der Waals surface area contributed by atoms with Gasteiger partial charge in [-0.25, -0.2) is 4.79 Å². The largest absolute Gasteiger partial charge is 0.463 e. The van der Waals surface area contributed by atoms with Gasteiger partial charge in [0.1, 0.15) is 0 Å². The van der Waals surface area contributed by atoms with Crippen molar-refractivity contribution in [3.63, 3.8) is 0 Å². The maximum Gasteiger partial charge on any atom is 0.330 e. The standard InChI is InChI=1S/C14H26Cl2O2Si/c1-2-13(17)18-11-9-7-5-3-4-6-8-10-12-19-14(15)16/h2,14H,1,3-12,19H2. The molecule has 0 saturated carbocycles. The van der Waals surface area contributed by atoms with Crippen molar-refractivity contribution < 1.29 is 9.53 Å². The van der Waals surface area contributed by atoms with Crippen LogP contribution >= 0.6 is 23.2 Å². The Morgan fingerprint density at radius 3 is 2.11 bits per heavy atom. The summed E-state index contributed by atoms with van der Waals surface area (Å²) in [5, 5.41) is 0. The highest BCUT2D eigenvalue weighted by atomic mass is 35.5. The minimum Gasteiger partial charge on any atom is -0.463 e. The Kier molecular flexibility index (Phi) is 14.4. The van der Waals surface area contributed by atoms with E-state index in [1.807, 2.05) is 0 Å². The Morgan fingerprint density at radius 2 is 1.58 bits per heavy atom. The number of halogens is 2. The van der Waals surface area contributed by atoms with Gasteiger partial charge in [-0.05, 0) is 6.42 Å². The average Bonchev–Trinajstić information content (AvgIpc) is 2.39. The third kappa shape index (κ3) is 16.0. The van der Waals surface area contributed by atoms with Crippen LogP contribution in [0, 0.1) is 0 Å². The fraction of sp³-hybridized carbons (Fsp3) is 0.786. The van der Waals surface area contributed by atoms with Gasteiger partial charge < -0.3 is 4.74 Å². The number of esters is 1. The number of ether oxygens (including phenoxy) is 1. The van der Waals surface area contributed by atoms with Crippen LogP contribution in [0.5, 0.6) is 0 Å². The molecule has 0 saturated heterocycles. The lowest BCUT2D eigenvalue weighted by molar-refractivity contribution is -0.137. The summed E-state index contributed by atoms with van der Waals surface area (Å²) in [7, 11) is -0.234. The highest BCUT2D eigenvalue weighted by Crippen LogP contribution is 2.11. The monoisotopic (exact) mass is 324 g/mol. The van der Waals surface area contributed by atoms with Crippen LogP contribution in [0.15, 0.2) is 12.7 Å². The SMILES string of the molecule is C=CC(=O)OCCCCCCCCCC[SiH2]C(Cl)Cl. The lowest BCUT2D eigenvalue weighted by Crippen LogP contribution is -2.01. The van der Waals surface area contributed by atoms with Crippen LogP contribution in [0.25, 0.3) is 0 Å². The second-order valence-corrected chi connectivity index (χ2v) is 9.15. The maximum absolute atomic E-state index is 10.8. The molecular weight excluding hydrogens is 299 g/mol. The predicted octanol–water partition coefficient (Wildman–Crippen LogP) is 4.18. The number of rotatable bonds is 13. The molecule has 0 bridgehead atoms. The van der Waals surface area contributed by atoms with Gasteiger partial charge in [0.25, 0.3) is 0 Å². The van der Waals surface area contributed by atoms with E-state index in [4.69, 9.17) is 27.9 Å². The molecule has 5 heteroatoms. The third-order valence-corrected chi connectivity index (χ3v) is 5.63. The number of alkyl halides is 2. The molecule has 2 nitrogen and oxygen atoms in total. The quantitative estimate of drug-likeness (QED) is 0.167. The van der Waals surface area contributed by atoms with Gasteiger partial charge in [0.15, 0.2) is 0 Å². The van der Waals surface area contributed by atoms with Crippen LogP contribution in [0.2, 0.25) is 6.04 Å². The minimum absolute atomic E-state index is 0.0600. The van der Waals surface area contributed by atoms with Crippen LogP contribution in [-0.4, -0.2) is 26.6 Å². The van der Waals surface area contributed by atoms with Crippen molar-refractivity contribution in [2.24, 2.45) is 0 Å². The number of carbonyl (C=O) groups excluding carboxylic acids is 1. The van der Waals surface area contributed by atoms with E-state index in [0.29, 0.717) is 6.61 Å². The van der Waals surface area contributed by atoms with Crippen molar-refractivity contribution in [1.82, 2.24) is 0 Å². The van der Waals surface area contributed by atoms with Gasteiger partial charge in [-0.3, -0.25) is 0 Å². The predicted molar refractivity (Wildman–Crippen MR) is 86.9 cm³/mol. The van der Waals surface area contributed by atoms with Crippen molar-refractivity contribution in [2.75, 3.05) is 6.61 Å². The van der Waals surface area contributed by atoms with Crippen LogP contribution in [0.3, 0.4) is 0 Å². The van der Waals surface area contributed by atoms with Gasteiger partial charge in [-0.2, -0.15) is 0 Å². The maximum atomic E-state index is 10.8. The van der Waals surface area contributed by atoms with E-state index in [0.717, 1.165) is 12.8 Å². The van der Waals surface area contributed by atoms with E-state index in [1.54, 1.807) is 0 Å². The molecule has 0 heterocycles. The van der Waals surface area contributed by atoms with Gasteiger partial charge in [0.05, 0.1) is 20.6 Å². The molecule has 0 rings (SSSR count). The molecule has 0 radical (unpaired) electrons. The first-order valence-corrected chi connectivity index (χ1v) is 9.93. The summed E-state index contributed by atoms with van der Waals surface area (Å²) in [4.78, 5) is 10.8. The second-order valence-electron chi connectivity index (χ2n) is 4.73. The molecule has 0 N–H and O–H groups in total. The van der Waals surface area contributed by atoms with Crippen LogP contribution in [0.1, 0.15) is 51.4 Å². The van der Waals surface area contributed by atoms with E-state index in [1.165, 1.54) is 50.6 Å². The molecule has 112 valence electrons. The van der Waals surface area contributed by atoms with Gasteiger partial charge in [0, 0.05) is 6.08 Å². The van der Waals surface area contributed by atoms with Crippen molar-refractivity contribution in [2.45, 2.75) is 61.9 Å². The number of hydrogen-bond acceptors (Lipinski definition) is 2. The van der Waals surface area contributed by atoms with E-state index < -0.39 is 0 Å². The summed E-state index contributed by atoms with van der Waals surface area (Å²) in [6, 6.07) is 1.27. The summed E-state index contributed by atoms with van der Waals surface area (Å²) in [5.74, 6) is -0.320. The van der Waals surface area contributed by atoms with Gasteiger partial charge in [-0.1, -0.05) is 57.6 Å². The zero-order valence-electron chi connectivity index (χ0n) is 11.7. The lowest BCUT2D eigenvalue weighted by Gasteiger charge is -2.03. The zero-order chi connectivity index (χ0) is 14.3. The normalized spacial score (nSPS) is 11.3. The topological polar surface area (TPSA) is 26.3 Å². The first-order chi connectivity index (χ1) is 9.16. The summed E-state index contributed by atoms with van der Waals surface area (Å²) in [6.45, 7) is 3.87. The van der Waals surface area contributed by atoms with Crippen molar-refractivity contribution in [3.05, 3.63) is 12.7 Å². The van der Waals surface area contributed by atoms with E-state index in [9.17, 15) is 4.79 Å². The van der Waals surface area contributed by atoms with E-state index >= 15 is 0 Å². The van der Waals surface area contributed by atoms with Gasteiger partial charge in [-0.15, -0.1) is 23.2 Å². The molecule has 0 unspecified atom stereocenters. The van der Waals surface area contributed by atoms with E-state index in [-0.39, 0.29) is 19.9 Å². The Labute approximate surface area is 129 Å². The summed E-state index contributed by atoms with van der Waals surface area (Å²) >= 11 is 11.4. The molecule has 0 spiro atoms. The first-order valence-electron chi connectivity index (χ1n) is 7.24. The van der Waals surface area contributed by atoms with Crippen LogP contribution < -0.4 is 0 Å². The summed E-state index contributed by atoms with van der Waals surface area (Å²) in [5.41, 5.74) is 0. The Bertz CT molecular complexity index is 235. The van der Waals surface area contributed by atoms with Gasteiger partial charge in [0.2, 0.25) is 0 Å². The van der Waals surface area contributed by atoms with Gasteiger partial charge >= 0.3 is 5.97 Å². The highest BCUT2D eigenvalue weighted by Gasteiger charge is 1.99. The molecule has 0 aromatic heterocycles. The molecule has 0 amide bonds. The molecule has 0 aromatic carbocycles. The highest BCUT2D eigenvalue weighted by molar-refractivity contribution is 6.68. The average molecular weight is 325 g/mol. The molecule has 0 aliphatic carbocycles. The first kappa shape index (κ1) is 19.0. The molecule has 0 atom stereocenters. The second kappa shape index (κ2) is 14.4. The number of hydrogen-bond donors (Lipinski definition) is 0. The Morgan fingerprint density at radius 1 is 1.05 bits per heavy atom.